The van der Waals surface area contributed by atoms with E-state index in [-0.39, 0.29) is 12.5 Å². The number of carbonyl (C=O) groups excluding carboxylic acids is 1. The molecule has 0 spiro atoms. The quantitative estimate of drug-likeness (QED) is 0.715. The highest BCUT2D eigenvalue weighted by molar-refractivity contribution is 5.91. The Hall–Kier alpha value is -2.47. The summed E-state index contributed by atoms with van der Waals surface area (Å²) in [5, 5.41) is 2.84. The summed E-state index contributed by atoms with van der Waals surface area (Å²) in [6.45, 7) is 1.80. The summed E-state index contributed by atoms with van der Waals surface area (Å²) < 4.78 is 16.3. The number of nitrogens with one attached hydrogen (secondary N) is 1. The summed E-state index contributed by atoms with van der Waals surface area (Å²) in [6.07, 6.45) is 0.894. The lowest BCUT2D eigenvalue weighted by atomic mass is 10.3. The maximum Gasteiger partial charge on any atom is 0.286 e. The van der Waals surface area contributed by atoms with Crippen molar-refractivity contribution in [2.24, 2.45) is 0 Å². The molecule has 1 N–H and O–H groups in total. The number of hydrogen-bond donors (Lipinski definition) is 1. The van der Waals surface area contributed by atoms with Gasteiger partial charge in [0, 0.05) is 12.6 Å². The van der Waals surface area contributed by atoms with Gasteiger partial charge in [0.1, 0.15) is 23.9 Å². The van der Waals surface area contributed by atoms with E-state index in [9.17, 15) is 4.79 Å². The number of benzene rings is 1. The van der Waals surface area contributed by atoms with Crippen LogP contribution in [0, 0.1) is 0 Å². The molecule has 1 amide bonds. The molecule has 0 saturated heterocycles. The molecule has 130 valence electrons. The summed E-state index contributed by atoms with van der Waals surface area (Å²) in [6, 6.07) is 10.7. The number of furan rings is 1. The highest BCUT2D eigenvalue weighted by atomic mass is 16.5. The molecule has 0 aliphatic heterocycles. The number of carbonyl (C=O) groups is 1. The van der Waals surface area contributed by atoms with Gasteiger partial charge in [-0.2, -0.15) is 0 Å². The molecule has 0 radical (unpaired) electrons. The Bertz CT molecular complexity index is 652. The van der Waals surface area contributed by atoms with Gasteiger partial charge in [-0.15, -0.1) is 0 Å². The molecular formula is C18H24N2O4. The molecule has 24 heavy (non-hydrogen) atoms. The monoisotopic (exact) mass is 332 g/mol. The van der Waals surface area contributed by atoms with E-state index in [1.54, 1.807) is 25.3 Å². The molecule has 0 unspecified atom stereocenters. The molecule has 1 aromatic heterocycles. The van der Waals surface area contributed by atoms with Gasteiger partial charge in [-0.3, -0.25) is 4.79 Å². The molecule has 0 bridgehead atoms. The van der Waals surface area contributed by atoms with Gasteiger partial charge in [0.15, 0.2) is 5.76 Å². The van der Waals surface area contributed by atoms with E-state index in [0.29, 0.717) is 23.8 Å². The highest BCUT2D eigenvalue weighted by Gasteiger charge is 2.11. The lowest BCUT2D eigenvalue weighted by Gasteiger charge is -2.09. The van der Waals surface area contributed by atoms with Crippen molar-refractivity contribution in [3.8, 4) is 11.5 Å². The highest BCUT2D eigenvalue weighted by Crippen LogP contribution is 2.20. The molecule has 0 fully saturated rings. The van der Waals surface area contributed by atoms with Crippen molar-refractivity contribution in [3.05, 3.63) is 47.9 Å². The van der Waals surface area contributed by atoms with Gasteiger partial charge in [-0.1, -0.05) is 6.07 Å². The molecule has 0 saturated carbocycles. The maximum absolute atomic E-state index is 12.0. The minimum atomic E-state index is -0.207. The minimum Gasteiger partial charge on any atom is -0.497 e. The van der Waals surface area contributed by atoms with Gasteiger partial charge in [0.25, 0.3) is 5.91 Å². The Morgan fingerprint density at radius 3 is 2.75 bits per heavy atom. The van der Waals surface area contributed by atoms with Gasteiger partial charge < -0.3 is 24.1 Å². The molecular weight excluding hydrogens is 308 g/mol. The maximum atomic E-state index is 12.0. The minimum absolute atomic E-state index is 0.207. The molecule has 2 rings (SSSR count). The zero-order valence-electron chi connectivity index (χ0n) is 14.4. The molecule has 0 aliphatic rings. The van der Waals surface area contributed by atoms with Crippen molar-refractivity contribution >= 4 is 5.91 Å². The second-order valence-corrected chi connectivity index (χ2v) is 5.65. The van der Waals surface area contributed by atoms with Crippen LogP contribution < -0.4 is 14.8 Å². The molecule has 1 heterocycles. The van der Waals surface area contributed by atoms with Crippen molar-refractivity contribution in [2.75, 3.05) is 34.3 Å². The fourth-order valence-electron chi connectivity index (χ4n) is 2.11. The van der Waals surface area contributed by atoms with E-state index in [1.165, 1.54) is 0 Å². The van der Waals surface area contributed by atoms with Gasteiger partial charge in [0.05, 0.1) is 7.11 Å². The number of rotatable bonds is 9. The average molecular weight is 332 g/mol. The van der Waals surface area contributed by atoms with Crippen LogP contribution in [0.25, 0.3) is 0 Å². The van der Waals surface area contributed by atoms with Crippen LogP contribution in [0.4, 0.5) is 0 Å². The predicted molar refractivity (Wildman–Crippen MR) is 91.5 cm³/mol. The zero-order valence-corrected chi connectivity index (χ0v) is 14.4. The van der Waals surface area contributed by atoms with E-state index >= 15 is 0 Å². The first-order valence-electron chi connectivity index (χ1n) is 7.87. The number of methoxy groups -OCH3 is 1. The summed E-state index contributed by atoms with van der Waals surface area (Å²) >= 11 is 0. The largest absolute Gasteiger partial charge is 0.497 e. The van der Waals surface area contributed by atoms with E-state index in [4.69, 9.17) is 13.9 Å². The smallest absolute Gasteiger partial charge is 0.286 e. The SMILES string of the molecule is COc1cccc(OCc2ccc(C(=O)NCCCN(C)C)o2)c1. The molecule has 6 heteroatoms. The Labute approximate surface area is 142 Å². The normalized spacial score (nSPS) is 10.7. The first-order valence-corrected chi connectivity index (χ1v) is 7.87. The Morgan fingerprint density at radius 2 is 2.00 bits per heavy atom. The first kappa shape index (κ1) is 17.9. The molecule has 2 aromatic rings. The van der Waals surface area contributed by atoms with Crippen LogP contribution in [0.5, 0.6) is 11.5 Å². The average Bonchev–Trinajstić information content (AvgIpc) is 3.06. The van der Waals surface area contributed by atoms with Crippen molar-refractivity contribution in [1.29, 1.82) is 0 Å². The molecule has 1 aromatic carbocycles. The Kier molecular flexibility index (Phi) is 6.69. The number of amides is 1. The number of hydrogen-bond acceptors (Lipinski definition) is 5. The summed E-state index contributed by atoms with van der Waals surface area (Å²) in [5.74, 6) is 2.09. The fourth-order valence-corrected chi connectivity index (χ4v) is 2.11. The van der Waals surface area contributed by atoms with Crippen molar-refractivity contribution in [1.82, 2.24) is 10.2 Å². The lowest BCUT2D eigenvalue weighted by Crippen LogP contribution is -2.26. The zero-order chi connectivity index (χ0) is 17.4. The van der Waals surface area contributed by atoms with Gasteiger partial charge in [-0.05, 0) is 51.3 Å². The second-order valence-electron chi connectivity index (χ2n) is 5.65. The van der Waals surface area contributed by atoms with E-state index < -0.39 is 0 Å². The van der Waals surface area contributed by atoms with Crippen LogP contribution in [0.1, 0.15) is 22.7 Å². The molecule has 6 nitrogen and oxygen atoms in total. The van der Waals surface area contributed by atoms with Gasteiger partial charge in [0.2, 0.25) is 0 Å². The van der Waals surface area contributed by atoms with Crippen molar-refractivity contribution in [2.45, 2.75) is 13.0 Å². The summed E-state index contributed by atoms with van der Waals surface area (Å²) in [5.41, 5.74) is 0. The fraction of sp³-hybridized carbons (Fsp3) is 0.389. The van der Waals surface area contributed by atoms with E-state index in [2.05, 4.69) is 10.2 Å². The van der Waals surface area contributed by atoms with Crippen molar-refractivity contribution in [3.63, 3.8) is 0 Å². The number of nitrogens with zero attached hydrogens (tertiary/aromatic N) is 1. The van der Waals surface area contributed by atoms with Crippen LogP contribution >= 0.6 is 0 Å². The third-order valence-electron chi connectivity index (χ3n) is 3.38. The predicted octanol–water partition coefficient (Wildman–Crippen LogP) is 2.55. The summed E-state index contributed by atoms with van der Waals surface area (Å²) in [4.78, 5) is 14.1. The van der Waals surface area contributed by atoms with Crippen LogP contribution in [-0.2, 0) is 6.61 Å². The van der Waals surface area contributed by atoms with Gasteiger partial charge >= 0.3 is 0 Å². The first-order chi connectivity index (χ1) is 11.6. The van der Waals surface area contributed by atoms with E-state index in [0.717, 1.165) is 18.7 Å². The molecule has 0 aliphatic carbocycles. The third-order valence-corrected chi connectivity index (χ3v) is 3.38. The van der Waals surface area contributed by atoms with Crippen molar-refractivity contribution < 1.29 is 18.7 Å². The lowest BCUT2D eigenvalue weighted by molar-refractivity contribution is 0.0920. The standard InChI is InChI=1S/C18H24N2O4/c1-20(2)11-5-10-19-18(21)17-9-8-16(24-17)13-23-15-7-4-6-14(12-15)22-3/h4,6-9,12H,5,10-11,13H2,1-3H3,(H,19,21). The van der Waals surface area contributed by atoms with Gasteiger partial charge in [-0.25, -0.2) is 0 Å². The third kappa shape index (κ3) is 5.62. The number of ether oxygens (including phenoxy) is 2. The molecule has 0 atom stereocenters. The summed E-state index contributed by atoms with van der Waals surface area (Å²) in [7, 11) is 5.61. The van der Waals surface area contributed by atoms with Crippen LogP contribution in [0.2, 0.25) is 0 Å². The van der Waals surface area contributed by atoms with Crippen LogP contribution in [0.3, 0.4) is 0 Å². The van der Waals surface area contributed by atoms with Crippen LogP contribution in [0.15, 0.2) is 40.8 Å². The van der Waals surface area contributed by atoms with E-state index in [1.807, 2.05) is 32.3 Å². The Morgan fingerprint density at radius 1 is 1.21 bits per heavy atom. The Balaban J connectivity index is 1.80. The van der Waals surface area contributed by atoms with Crippen LogP contribution in [-0.4, -0.2) is 45.1 Å². The topological polar surface area (TPSA) is 63.9 Å². The second kappa shape index (κ2) is 8.98.